The number of rotatable bonds is 3. The highest BCUT2D eigenvalue weighted by atomic mass is 32.2. The molecule has 0 amide bonds. The van der Waals surface area contributed by atoms with E-state index >= 15 is 0 Å². The van der Waals surface area contributed by atoms with Crippen molar-refractivity contribution in [2.24, 2.45) is 0 Å². The summed E-state index contributed by atoms with van der Waals surface area (Å²) >= 11 is 0. The molecule has 0 radical (unpaired) electrons. The Morgan fingerprint density at radius 2 is 1.75 bits per heavy atom. The number of aliphatic hydroxyl groups is 3. The summed E-state index contributed by atoms with van der Waals surface area (Å²) in [5, 5.41) is 28.2. The first-order valence-electron chi connectivity index (χ1n) is 4.64. The zero-order valence-electron chi connectivity index (χ0n) is 8.52. The van der Waals surface area contributed by atoms with Crippen LogP contribution in [0.4, 0.5) is 0 Å². The second-order valence-corrected chi connectivity index (χ2v) is 4.91. The van der Waals surface area contributed by atoms with E-state index < -0.39 is 47.4 Å². The molecular weight excluding hydrogens is 242 g/mol. The molecule has 0 aromatic heterocycles. The second-order valence-electron chi connectivity index (χ2n) is 3.67. The summed E-state index contributed by atoms with van der Waals surface area (Å²) in [4.78, 5) is 0. The quantitative estimate of drug-likeness (QED) is 0.346. The molecule has 1 rings (SSSR count). The first-order valence-corrected chi connectivity index (χ1v) is 6.08. The zero-order chi connectivity index (χ0) is 12.5. The molecule has 0 aliphatic carbocycles. The fourth-order valence-electron chi connectivity index (χ4n) is 1.49. The predicted octanol–water partition coefficient (Wildman–Crippen LogP) is -2.75. The Hall–Kier alpha value is -0.290. The maximum absolute atomic E-state index is 10.4. The molecule has 0 saturated carbocycles. The summed E-state index contributed by atoms with van der Waals surface area (Å²) in [6.45, 7) is 1.08. The van der Waals surface area contributed by atoms with Crippen LogP contribution in [0, 0.1) is 0 Å². The summed E-state index contributed by atoms with van der Waals surface area (Å²) in [7, 11) is -4.38. The molecule has 0 aromatic carbocycles. The van der Waals surface area contributed by atoms with Gasteiger partial charge in [-0.3, -0.25) is 4.55 Å². The van der Waals surface area contributed by atoms with Gasteiger partial charge in [0.1, 0.15) is 24.4 Å². The van der Waals surface area contributed by atoms with Crippen LogP contribution >= 0.6 is 0 Å². The lowest BCUT2D eigenvalue weighted by molar-refractivity contribution is -0.214. The van der Waals surface area contributed by atoms with Crippen molar-refractivity contribution in [3.63, 3.8) is 0 Å². The summed E-state index contributed by atoms with van der Waals surface area (Å²) in [6, 6.07) is 0. The van der Waals surface area contributed by atoms with Gasteiger partial charge in [0.05, 0.1) is 6.10 Å². The maximum atomic E-state index is 10.4. The fraction of sp³-hybridized carbons (Fsp3) is 1.00. The van der Waals surface area contributed by atoms with Gasteiger partial charge in [-0.05, 0) is 6.92 Å². The first-order chi connectivity index (χ1) is 7.22. The highest BCUT2D eigenvalue weighted by Crippen LogP contribution is 2.20. The Balaban J connectivity index is 2.61. The third-order valence-corrected chi connectivity index (χ3v) is 2.95. The minimum absolute atomic E-state index is 0.395. The van der Waals surface area contributed by atoms with Crippen LogP contribution < -0.4 is 4.72 Å². The normalized spacial score (nSPS) is 40.9. The highest BCUT2D eigenvalue weighted by Gasteiger charge is 2.41. The first kappa shape index (κ1) is 13.8. The van der Waals surface area contributed by atoms with Gasteiger partial charge in [0.25, 0.3) is 0 Å². The molecule has 1 aliphatic rings. The number of hydrogen-bond acceptors (Lipinski definition) is 6. The third kappa shape index (κ3) is 3.35. The zero-order valence-corrected chi connectivity index (χ0v) is 9.33. The molecule has 16 heavy (non-hydrogen) atoms. The van der Waals surface area contributed by atoms with Crippen LogP contribution in [-0.2, 0) is 15.0 Å². The van der Waals surface area contributed by atoms with Crippen LogP contribution in [0.5, 0.6) is 0 Å². The van der Waals surface area contributed by atoms with E-state index in [9.17, 15) is 23.7 Å². The van der Waals surface area contributed by atoms with Crippen LogP contribution in [0.3, 0.4) is 0 Å². The van der Waals surface area contributed by atoms with Crippen molar-refractivity contribution < 1.29 is 33.0 Å². The lowest BCUT2D eigenvalue weighted by Gasteiger charge is -2.39. The van der Waals surface area contributed by atoms with Gasteiger partial charge in [-0.25, -0.2) is 0 Å². The summed E-state index contributed by atoms with van der Waals surface area (Å²) < 4.78 is 36.0. The van der Waals surface area contributed by atoms with Crippen LogP contribution in [0.15, 0.2) is 0 Å². The summed E-state index contributed by atoms with van der Waals surface area (Å²) in [5.41, 5.74) is 0. The molecule has 1 unspecified atom stereocenters. The topological polar surface area (TPSA) is 136 Å². The van der Waals surface area contributed by atoms with Crippen molar-refractivity contribution in [2.45, 2.75) is 37.4 Å². The molecular formula is C7H15NO7S. The molecule has 0 spiro atoms. The van der Waals surface area contributed by atoms with Gasteiger partial charge in [-0.1, -0.05) is 0 Å². The molecule has 96 valence electrons. The second kappa shape index (κ2) is 4.92. The molecule has 0 bridgehead atoms. The van der Waals surface area contributed by atoms with Gasteiger partial charge in [-0.15, -0.1) is 0 Å². The SMILES string of the molecule is CC1O[C@H](CNS(=O)(=O)O)[C@@H](O)[C@H](O)[C@@H]1O. The van der Waals surface area contributed by atoms with Crippen molar-refractivity contribution in [3.05, 3.63) is 0 Å². The highest BCUT2D eigenvalue weighted by molar-refractivity contribution is 7.83. The Bertz CT molecular complexity index is 332. The molecule has 9 heteroatoms. The number of aliphatic hydroxyl groups excluding tert-OH is 3. The van der Waals surface area contributed by atoms with E-state index in [1.807, 2.05) is 0 Å². The standard InChI is InChI=1S/C7H15NO7S/c1-3-5(9)7(11)6(10)4(15-3)2-8-16(12,13)14/h3-11H,2H2,1H3,(H,12,13,14)/t3?,4-,5-,6-,7-/m1/s1. The predicted molar refractivity (Wildman–Crippen MR) is 51.9 cm³/mol. The van der Waals surface area contributed by atoms with E-state index in [4.69, 9.17) is 9.29 Å². The molecule has 1 aliphatic heterocycles. The van der Waals surface area contributed by atoms with Crippen LogP contribution in [0.25, 0.3) is 0 Å². The Morgan fingerprint density at radius 1 is 1.19 bits per heavy atom. The van der Waals surface area contributed by atoms with E-state index in [2.05, 4.69) is 0 Å². The van der Waals surface area contributed by atoms with E-state index in [-0.39, 0.29) is 0 Å². The molecule has 1 fully saturated rings. The Labute approximate surface area is 92.7 Å². The summed E-state index contributed by atoms with van der Waals surface area (Å²) in [6.07, 6.45) is -5.86. The smallest absolute Gasteiger partial charge is 0.333 e. The van der Waals surface area contributed by atoms with Crippen LogP contribution in [0.2, 0.25) is 0 Å². The molecule has 5 N–H and O–H groups in total. The Morgan fingerprint density at radius 3 is 2.25 bits per heavy atom. The minimum Gasteiger partial charge on any atom is -0.388 e. The van der Waals surface area contributed by atoms with Crippen molar-refractivity contribution in [1.29, 1.82) is 0 Å². The van der Waals surface area contributed by atoms with Gasteiger partial charge in [0.15, 0.2) is 0 Å². The van der Waals surface area contributed by atoms with Crippen molar-refractivity contribution in [2.75, 3.05) is 6.54 Å². The van der Waals surface area contributed by atoms with E-state index in [0.717, 1.165) is 0 Å². The van der Waals surface area contributed by atoms with Gasteiger partial charge in [-0.2, -0.15) is 13.1 Å². The van der Waals surface area contributed by atoms with Crippen molar-refractivity contribution in [3.8, 4) is 0 Å². The van der Waals surface area contributed by atoms with Crippen LogP contribution in [0.1, 0.15) is 6.92 Å². The van der Waals surface area contributed by atoms with E-state index in [1.165, 1.54) is 6.92 Å². The van der Waals surface area contributed by atoms with E-state index in [0.29, 0.717) is 0 Å². The third-order valence-electron chi connectivity index (χ3n) is 2.42. The molecule has 1 saturated heterocycles. The lowest BCUT2D eigenvalue weighted by Crippen LogP contribution is -2.59. The molecule has 0 aromatic rings. The Kier molecular flexibility index (Phi) is 4.23. The number of nitrogens with one attached hydrogen (secondary N) is 1. The average Bonchev–Trinajstić information content (AvgIpc) is 2.17. The summed E-state index contributed by atoms with van der Waals surface area (Å²) in [5.74, 6) is 0. The van der Waals surface area contributed by atoms with Gasteiger partial charge < -0.3 is 20.1 Å². The average molecular weight is 257 g/mol. The van der Waals surface area contributed by atoms with Gasteiger partial charge >= 0.3 is 10.3 Å². The molecule has 5 atom stereocenters. The van der Waals surface area contributed by atoms with E-state index in [1.54, 1.807) is 4.72 Å². The van der Waals surface area contributed by atoms with Crippen molar-refractivity contribution >= 4 is 10.3 Å². The molecule has 1 heterocycles. The number of ether oxygens (including phenoxy) is 1. The number of hydrogen-bond donors (Lipinski definition) is 5. The van der Waals surface area contributed by atoms with Gasteiger partial charge in [0, 0.05) is 6.54 Å². The van der Waals surface area contributed by atoms with Crippen molar-refractivity contribution in [1.82, 2.24) is 4.72 Å². The fourth-order valence-corrected chi connectivity index (χ4v) is 1.87. The largest absolute Gasteiger partial charge is 0.388 e. The minimum atomic E-state index is -4.38. The monoisotopic (exact) mass is 257 g/mol. The molecule has 8 nitrogen and oxygen atoms in total. The lowest BCUT2D eigenvalue weighted by atomic mass is 9.96. The maximum Gasteiger partial charge on any atom is 0.333 e. The van der Waals surface area contributed by atoms with Gasteiger partial charge in [0.2, 0.25) is 0 Å². The van der Waals surface area contributed by atoms with Crippen LogP contribution in [-0.4, -0.2) is 65.4 Å².